The van der Waals surface area contributed by atoms with Gasteiger partial charge >= 0.3 is 0 Å². The normalized spacial score (nSPS) is 13.7. The molecule has 1 N–H and O–H groups in total. The average molecular weight is 469 g/mol. The van der Waals surface area contributed by atoms with Crippen LogP contribution in [0.3, 0.4) is 0 Å². The molecule has 0 atom stereocenters. The molecule has 5 nitrogen and oxygen atoms in total. The predicted molar refractivity (Wildman–Crippen MR) is 123 cm³/mol. The summed E-state index contributed by atoms with van der Waals surface area (Å²) < 4.78 is 32.8. The quantitative estimate of drug-likeness (QED) is 0.492. The third-order valence-electron chi connectivity index (χ3n) is 5.32. The lowest BCUT2D eigenvalue weighted by molar-refractivity contribution is -0.120. The molecule has 0 unspecified atom stereocenters. The van der Waals surface area contributed by atoms with E-state index in [-0.39, 0.29) is 17.0 Å². The van der Waals surface area contributed by atoms with Gasteiger partial charge in [-0.05, 0) is 55.3 Å². The van der Waals surface area contributed by atoms with Crippen LogP contribution >= 0.6 is 11.6 Å². The van der Waals surface area contributed by atoms with Gasteiger partial charge in [0.05, 0.1) is 24.1 Å². The highest BCUT2D eigenvalue weighted by Gasteiger charge is 2.41. The van der Waals surface area contributed by atoms with E-state index >= 15 is 0 Å². The van der Waals surface area contributed by atoms with Crippen LogP contribution < -0.4 is 15.0 Å². The van der Waals surface area contributed by atoms with Gasteiger partial charge in [-0.2, -0.15) is 0 Å². The molecule has 3 aromatic carbocycles. The van der Waals surface area contributed by atoms with Crippen molar-refractivity contribution < 1.29 is 23.1 Å². The summed E-state index contributed by atoms with van der Waals surface area (Å²) in [6.45, 7) is 3.74. The van der Waals surface area contributed by atoms with Crippen LogP contribution in [0.1, 0.15) is 16.7 Å². The smallest absolute Gasteiger partial charge is 0.282 e. The van der Waals surface area contributed by atoms with E-state index in [1.807, 2.05) is 26.0 Å². The SMILES string of the molecule is COc1ccc(Cl)cc1NC1=C(c2ccc(C)cc2C)C(=O)N(c2ccc(F)c(F)c2)C1=O. The molecule has 3 aromatic rings. The molecule has 0 fully saturated rings. The highest BCUT2D eigenvalue weighted by Crippen LogP contribution is 2.37. The number of hydrogen-bond donors (Lipinski definition) is 1. The number of benzene rings is 3. The van der Waals surface area contributed by atoms with Crippen LogP contribution in [-0.2, 0) is 9.59 Å². The van der Waals surface area contributed by atoms with Crippen LogP contribution in [0.15, 0.2) is 60.3 Å². The fourth-order valence-electron chi connectivity index (χ4n) is 3.76. The zero-order valence-electron chi connectivity index (χ0n) is 18.0. The maximum atomic E-state index is 13.9. The molecule has 33 heavy (non-hydrogen) atoms. The summed E-state index contributed by atoms with van der Waals surface area (Å²) in [5.74, 6) is -3.23. The van der Waals surface area contributed by atoms with E-state index in [2.05, 4.69) is 5.32 Å². The van der Waals surface area contributed by atoms with Crippen molar-refractivity contribution in [1.82, 2.24) is 0 Å². The Labute approximate surface area is 194 Å². The number of carbonyl (C=O) groups is 2. The van der Waals surface area contributed by atoms with E-state index in [9.17, 15) is 18.4 Å². The minimum atomic E-state index is -1.17. The molecule has 0 radical (unpaired) electrons. The van der Waals surface area contributed by atoms with Crippen molar-refractivity contribution in [3.63, 3.8) is 0 Å². The summed E-state index contributed by atoms with van der Waals surface area (Å²) in [4.78, 5) is 27.8. The summed E-state index contributed by atoms with van der Waals surface area (Å²) in [6.07, 6.45) is 0. The van der Waals surface area contributed by atoms with Crippen molar-refractivity contribution in [2.45, 2.75) is 13.8 Å². The number of ether oxygens (including phenoxy) is 1. The van der Waals surface area contributed by atoms with Crippen molar-refractivity contribution in [2.24, 2.45) is 0 Å². The lowest BCUT2D eigenvalue weighted by atomic mass is 9.97. The number of methoxy groups -OCH3 is 1. The summed E-state index contributed by atoms with van der Waals surface area (Å²) >= 11 is 6.13. The second kappa shape index (κ2) is 8.67. The lowest BCUT2D eigenvalue weighted by Gasteiger charge is -2.16. The molecule has 0 aliphatic carbocycles. The molecule has 168 valence electrons. The molecule has 0 spiro atoms. The van der Waals surface area contributed by atoms with Crippen LogP contribution in [0.25, 0.3) is 5.57 Å². The molecule has 0 saturated heterocycles. The molecule has 4 rings (SSSR count). The molecular weight excluding hydrogens is 450 g/mol. The van der Waals surface area contributed by atoms with E-state index in [1.54, 1.807) is 24.3 Å². The van der Waals surface area contributed by atoms with Gasteiger partial charge < -0.3 is 10.1 Å². The van der Waals surface area contributed by atoms with Crippen molar-refractivity contribution in [2.75, 3.05) is 17.3 Å². The number of hydrogen-bond acceptors (Lipinski definition) is 4. The fraction of sp³-hybridized carbons (Fsp3) is 0.120. The van der Waals surface area contributed by atoms with E-state index in [1.165, 1.54) is 13.2 Å². The zero-order valence-corrected chi connectivity index (χ0v) is 18.8. The van der Waals surface area contributed by atoms with Crippen LogP contribution in [0.5, 0.6) is 5.75 Å². The van der Waals surface area contributed by atoms with Gasteiger partial charge in [-0.3, -0.25) is 9.59 Å². The van der Waals surface area contributed by atoms with Gasteiger partial charge in [0.15, 0.2) is 11.6 Å². The maximum Gasteiger partial charge on any atom is 0.282 e. The fourth-order valence-corrected chi connectivity index (χ4v) is 3.93. The van der Waals surface area contributed by atoms with Gasteiger partial charge in [-0.15, -0.1) is 0 Å². The van der Waals surface area contributed by atoms with E-state index in [0.717, 1.165) is 28.2 Å². The molecule has 0 saturated carbocycles. The summed E-state index contributed by atoms with van der Waals surface area (Å²) in [5.41, 5.74) is 2.65. The molecular formula is C25H19ClF2N2O3. The van der Waals surface area contributed by atoms with Crippen LogP contribution in [0.4, 0.5) is 20.2 Å². The largest absolute Gasteiger partial charge is 0.495 e. The van der Waals surface area contributed by atoms with Gasteiger partial charge in [-0.1, -0.05) is 35.4 Å². The molecule has 8 heteroatoms. The molecule has 0 aromatic heterocycles. The highest BCUT2D eigenvalue weighted by atomic mass is 35.5. The van der Waals surface area contributed by atoms with Gasteiger partial charge in [0.1, 0.15) is 11.4 Å². The molecule has 2 amide bonds. The van der Waals surface area contributed by atoms with Crippen LogP contribution in [0, 0.1) is 25.5 Å². The first kappa shape index (κ1) is 22.5. The second-order valence-electron chi connectivity index (χ2n) is 7.58. The first-order valence-electron chi connectivity index (χ1n) is 9.97. The van der Waals surface area contributed by atoms with Gasteiger partial charge in [-0.25, -0.2) is 13.7 Å². The Morgan fingerprint density at radius 1 is 0.909 bits per heavy atom. The van der Waals surface area contributed by atoms with Crippen molar-refractivity contribution in [1.29, 1.82) is 0 Å². The van der Waals surface area contributed by atoms with E-state index in [4.69, 9.17) is 16.3 Å². The van der Waals surface area contributed by atoms with Gasteiger partial charge in [0.25, 0.3) is 11.8 Å². The minimum Gasteiger partial charge on any atom is -0.495 e. The Balaban J connectivity index is 1.90. The van der Waals surface area contributed by atoms with E-state index < -0.39 is 23.4 Å². The number of imide groups is 1. The van der Waals surface area contributed by atoms with Gasteiger partial charge in [0.2, 0.25) is 0 Å². The number of anilines is 2. The summed E-state index contributed by atoms with van der Waals surface area (Å²) in [5, 5.41) is 3.38. The first-order chi connectivity index (χ1) is 15.7. The van der Waals surface area contributed by atoms with Crippen LogP contribution in [0.2, 0.25) is 5.02 Å². The Hall–Kier alpha value is -3.71. The zero-order chi connectivity index (χ0) is 23.9. The standard InChI is InChI=1S/C25H19ClF2N2O3/c1-13-4-7-17(14(2)10-13)22-23(29-20-11-15(26)5-9-21(20)33-3)25(32)30(24(22)31)16-6-8-18(27)19(28)12-16/h4-12,29H,1-3H3. The topological polar surface area (TPSA) is 58.6 Å². The highest BCUT2D eigenvalue weighted by molar-refractivity contribution is 6.46. The third-order valence-corrected chi connectivity index (χ3v) is 5.55. The Morgan fingerprint density at radius 2 is 1.67 bits per heavy atom. The third kappa shape index (κ3) is 4.07. The Bertz CT molecular complexity index is 1340. The number of aryl methyl sites for hydroxylation is 2. The number of rotatable bonds is 5. The number of amides is 2. The van der Waals surface area contributed by atoms with Crippen molar-refractivity contribution in [3.8, 4) is 5.75 Å². The molecule has 0 bridgehead atoms. The van der Waals surface area contributed by atoms with Crippen molar-refractivity contribution >= 4 is 40.4 Å². The predicted octanol–water partition coefficient (Wildman–Crippen LogP) is 5.64. The Kier molecular flexibility index (Phi) is 5.91. The molecule has 1 aliphatic rings. The number of nitrogens with one attached hydrogen (secondary N) is 1. The number of nitrogens with zero attached hydrogens (tertiary/aromatic N) is 1. The lowest BCUT2D eigenvalue weighted by Crippen LogP contribution is -2.32. The van der Waals surface area contributed by atoms with Gasteiger partial charge in [0, 0.05) is 11.1 Å². The summed E-state index contributed by atoms with van der Waals surface area (Å²) in [6, 6.07) is 13.1. The van der Waals surface area contributed by atoms with Crippen molar-refractivity contribution in [3.05, 3.63) is 93.6 Å². The summed E-state index contributed by atoms with van der Waals surface area (Å²) in [7, 11) is 1.46. The minimum absolute atomic E-state index is 0.0303. The number of halogens is 3. The van der Waals surface area contributed by atoms with Crippen LogP contribution in [-0.4, -0.2) is 18.9 Å². The first-order valence-corrected chi connectivity index (χ1v) is 10.4. The second-order valence-corrected chi connectivity index (χ2v) is 8.02. The Morgan fingerprint density at radius 3 is 2.33 bits per heavy atom. The number of carbonyl (C=O) groups excluding carboxylic acids is 2. The van der Waals surface area contributed by atoms with E-state index in [0.29, 0.717) is 22.0 Å². The molecule has 1 heterocycles. The molecule has 1 aliphatic heterocycles. The monoisotopic (exact) mass is 468 g/mol. The maximum absolute atomic E-state index is 13.9. The average Bonchev–Trinajstić information content (AvgIpc) is 3.00.